The lowest BCUT2D eigenvalue weighted by Crippen LogP contribution is -2.26. The van der Waals surface area contributed by atoms with E-state index in [2.05, 4.69) is 14.9 Å². The van der Waals surface area contributed by atoms with Crippen molar-refractivity contribution in [1.82, 2.24) is 9.97 Å². The van der Waals surface area contributed by atoms with E-state index in [1.165, 1.54) is 0 Å². The van der Waals surface area contributed by atoms with Crippen LogP contribution in [0.25, 0.3) is 0 Å². The first-order valence-corrected chi connectivity index (χ1v) is 5.98. The molecule has 96 valence electrons. The number of anilines is 1. The molecule has 1 unspecified atom stereocenters. The molecule has 0 aliphatic heterocycles. The first-order valence-electron chi connectivity index (χ1n) is 5.98. The second kappa shape index (κ2) is 6.39. The fraction of sp³-hybridized carbons (Fsp3) is 0.667. The Morgan fingerprint density at radius 2 is 2.18 bits per heavy atom. The summed E-state index contributed by atoms with van der Waals surface area (Å²) < 4.78 is 5.40. The third-order valence-electron chi connectivity index (χ3n) is 2.40. The highest BCUT2D eigenvalue weighted by molar-refractivity contribution is 5.40. The van der Waals surface area contributed by atoms with Gasteiger partial charge in [0.25, 0.3) is 0 Å². The fourth-order valence-corrected chi connectivity index (χ4v) is 1.45. The van der Waals surface area contributed by atoms with Crippen molar-refractivity contribution in [3.8, 4) is 5.88 Å². The molecule has 0 amide bonds. The van der Waals surface area contributed by atoms with Crippen LogP contribution in [0.1, 0.15) is 26.1 Å². The molecule has 17 heavy (non-hydrogen) atoms. The molecule has 0 aliphatic rings. The number of hydrogen-bond donors (Lipinski definition) is 1. The average Bonchev–Trinajstić information content (AvgIpc) is 2.25. The Kier molecular flexibility index (Phi) is 5.15. The first kappa shape index (κ1) is 13.7. The fourth-order valence-electron chi connectivity index (χ4n) is 1.45. The molecular weight excluding hydrogens is 216 g/mol. The number of aryl methyl sites for hydroxylation is 1. The van der Waals surface area contributed by atoms with Crippen molar-refractivity contribution in [2.24, 2.45) is 5.73 Å². The monoisotopic (exact) mass is 238 g/mol. The number of ether oxygens (including phenoxy) is 1. The molecule has 0 aliphatic carbocycles. The van der Waals surface area contributed by atoms with Gasteiger partial charge in [0, 0.05) is 25.7 Å². The van der Waals surface area contributed by atoms with E-state index in [0.717, 1.165) is 24.6 Å². The van der Waals surface area contributed by atoms with Crippen LogP contribution in [0.2, 0.25) is 0 Å². The zero-order valence-corrected chi connectivity index (χ0v) is 11.1. The number of aromatic nitrogens is 2. The van der Waals surface area contributed by atoms with Gasteiger partial charge in [0.1, 0.15) is 11.6 Å². The summed E-state index contributed by atoms with van der Waals surface area (Å²) in [7, 11) is 2.00. The summed E-state index contributed by atoms with van der Waals surface area (Å²) in [5.41, 5.74) is 5.74. The summed E-state index contributed by atoms with van der Waals surface area (Å²) in [6, 6.07) is 2.06. The van der Waals surface area contributed by atoms with Crippen LogP contribution >= 0.6 is 0 Å². The Hall–Kier alpha value is -1.36. The largest absolute Gasteiger partial charge is 0.478 e. The number of rotatable bonds is 6. The van der Waals surface area contributed by atoms with E-state index in [4.69, 9.17) is 10.5 Å². The van der Waals surface area contributed by atoms with E-state index in [0.29, 0.717) is 12.5 Å². The molecule has 0 radical (unpaired) electrons. The minimum atomic E-state index is 0.201. The molecule has 1 rings (SSSR count). The van der Waals surface area contributed by atoms with Gasteiger partial charge >= 0.3 is 0 Å². The molecule has 1 atom stereocenters. The Morgan fingerprint density at radius 3 is 2.76 bits per heavy atom. The highest BCUT2D eigenvalue weighted by Crippen LogP contribution is 2.16. The van der Waals surface area contributed by atoms with E-state index >= 15 is 0 Å². The molecule has 1 aromatic heterocycles. The van der Waals surface area contributed by atoms with Gasteiger partial charge in [-0.05, 0) is 27.2 Å². The van der Waals surface area contributed by atoms with Crippen LogP contribution in [0.4, 0.5) is 5.82 Å². The molecular formula is C12H22N4O. The smallest absolute Gasteiger partial charge is 0.218 e. The van der Waals surface area contributed by atoms with E-state index < -0.39 is 0 Å². The van der Waals surface area contributed by atoms with E-state index in [-0.39, 0.29) is 6.04 Å². The molecule has 1 heterocycles. The van der Waals surface area contributed by atoms with Crippen LogP contribution in [0, 0.1) is 6.92 Å². The molecule has 1 aromatic rings. The lowest BCUT2D eigenvalue weighted by Gasteiger charge is -2.20. The Balaban J connectivity index is 2.74. The third-order valence-corrected chi connectivity index (χ3v) is 2.40. The second-order valence-corrected chi connectivity index (χ2v) is 4.23. The van der Waals surface area contributed by atoms with Crippen LogP contribution in [-0.2, 0) is 0 Å². The minimum Gasteiger partial charge on any atom is -0.478 e. The van der Waals surface area contributed by atoms with Crippen LogP contribution in [0.3, 0.4) is 0 Å². The molecule has 0 spiro atoms. The Bertz CT molecular complexity index is 354. The van der Waals surface area contributed by atoms with Gasteiger partial charge in [0.15, 0.2) is 0 Å². The topological polar surface area (TPSA) is 64.3 Å². The van der Waals surface area contributed by atoms with Crippen molar-refractivity contribution in [1.29, 1.82) is 0 Å². The minimum absolute atomic E-state index is 0.201. The molecule has 0 saturated carbocycles. The van der Waals surface area contributed by atoms with Gasteiger partial charge in [0.2, 0.25) is 5.88 Å². The molecule has 2 N–H and O–H groups in total. The molecule has 5 nitrogen and oxygen atoms in total. The Labute approximate surface area is 103 Å². The predicted molar refractivity (Wildman–Crippen MR) is 69.5 cm³/mol. The molecule has 0 bridgehead atoms. The van der Waals surface area contributed by atoms with Crippen LogP contribution in [0.5, 0.6) is 5.88 Å². The van der Waals surface area contributed by atoms with E-state index in [1.54, 1.807) is 0 Å². The van der Waals surface area contributed by atoms with Gasteiger partial charge in [0.05, 0.1) is 6.61 Å². The van der Waals surface area contributed by atoms with E-state index in [9.17, 15) is 0 Å². The van der Waals surface area contributed by atoms with Crippen LogP contribution in [0.15, 0.2) is 6.07 Å². The summed E-state index contributed by atoms with van der Waals surface area (Å²) in [4.78, 5) is 10.7. The lowest BCUT2D eigenvalue weighted by molar-refractivity contribution is 0.325. The van der Waals surface area contributed by atoms with Crippen molar-refractivity contribution >= 4 is 5.82 Å². The van der Waals surface area contributed by atoms with Crippen molar-refractivity contribution in [2.45, 2.75) is 33.2 Å². The molecule has 5 heteroatoms. The van der Waals surface area contributed by atoms with Crippen molar-refractivity contribution in [3.05, 3.63) is 11.9 Å². The predicted octanol–water partition coefficient (Wildman–Crippen LogP) is 1.36. The normalized spacial score (nSPS) is 12.3. The third kappa shape index (κ3) is 4.56. The summed E-state index contributed by atoms with van der Waals surface area (Å²) in [6.45, 7) is 7.30. The summed E-state index contributed by atoms with van der Waals surface area (Å²) in [5.74, 6) is 2.22. The van der Waals surface area contributed by atoms with Crippen LogP contribution < -0.4 is 15.4 Å². The Morgan fingerprint density at radius 1 is 1.47 bits per heavy atom. The lowest BCUT2D eigenvalue weighted by atomic mass is 10.2. The van der Waals surface area contributed by atoms with Gasteiger partial charge < -0.3 is 15.4 Å². The van der Waals surface area contributed by atoms with Gasteiger partial charge in [-0.2, -0.15) is 4.98 Å². The standard InChI is InChI=1S/C12H22N4O/c1-5-17-12-8-11(14-10(3)15-12)16(4)7-6-9(2)13/h8-9H,5-7,13H2,1-4H3. The van der Waals surface area contributed by atoms with Gasteiger partial charge in [-0.3, -0.25) is 0 Å². The number of nitrogens with two attached hydrogens (primary N) is 1. The highest BCUT2D eigenvalue weighted by atomic mass is 16.5. The number of hydrogen-bond acceptors (Lipinski definition) is 5. The quantitative estimate of drug-likeness (QED) is 0.810. The maximum atomic E-state index is 5.74. The summed E-state index contributed by atoms with van der Waals surface area (Å²) >= 11 is 0. The molecule has 0 saturated heterocycles. The van der Waals surface area contributed by atoms with Gasteiger partial charge in [-0.1, -0.05) is 0 Å². The SMILES string of the molecule is CCOc1cc(N(C)CCC(C)N)nc(C)n1. The van der Waals surface area contributed by atoms with Crippen LogP contribution in [-0.4, -0.2) is 36.2 Å². The van der Waals surface area contributed by atoms with E-state index in [1.807, 2.05) is 33.9 Å². The van der Waals surface area contributed by atoms with Crippen molar-refractivity contribution < 1.29 is 4.74 Å². The zero-order valence-electron chi connectivity index (χ0n) is 11.1. The second-order valence-electron chi connectivity index (χ2n) is 4.23. The first-order chi connectivity index (χ1) is 8.02. The summed E-state index contributed by atoms with van der Waals surface area (Å²) in [5, 5.41) is 0. The highest BCUT2D eigenvalue weighted by Gasteiger charge is 2.07. The molecule has 0 aromatic carbocycles. The average molecular weight is 238 g/mol. The van der Waals surface area contributed by atoms with Crippen molar-refractivity contribution in [3.63, 3.8) is 0 Å². The number of nitrogens with zero attached hydrogens (tertiary/aromatic N) is 3. The summed E-state index contributed by atoms with van der Waals surface area (Å²) in [6.07, 6.45) is 0.934. The maximum Gasteiger partial charge on any atom is 0.218 e. The van der Waals surface area contributed by atoms with Gasteiger partial charge in [-0.15, -0.1) is 0 Å². The maximum absolute atomic E-state index is 5.74. The van der Waals surface area contributed by atoms with Gasteiger partial charge in [-0.25, -0.2) is 4.98 Å². The van der Waals surface area contributed by atoms with Crippen molar-refractivity contribution in [2.75, 3.05) is 25.1 Å². The molecule has 0 fully saturated rings. The zero-order chi connectivity index (χ0) is 12.8.